The molecule has 3 aromatic rings. The lowest BCUT2D eigenvalue weighted by Gasteiger charge is -2.33. The normalized spacial score (nSPS) is 12.5. The quantitative estimate of drug-likeness (QED) is 0.284. The molecule has 0 aliphatic carbocycles. The first kappa shape index (κ1) is 31.9. The van der Waals surface area contributed by atoms with Crippen LogP contribution in [0.2, 0.25) is 5.02 Å². The molecular formula is C28H28ClF4N3O4S. The van der Waals surface area contributed by atoms with E-state index in [4.69, 9.17) is 11.6 Å². The molecule has 0 spiro atoms. The second kappa shape index (κ2) is 13.3. The third kappa shape index (κ3) is 7.76. The summed E-state index contributed by atoms with van der Waals surface area (Å²) in [6.07, 6.45) is -4.76. The van der Waals surface area contributed by atoms with Gasteiger partial charge in [0.05, 0.1) is 21.2 Å². The van der Waals surface area contributed by atoms with Gasteiger partial charge in [0, 0.05) is 13.1 Å². The number of alkyl halides is 3. The zero-order valence-electron chi connectivity index (χ0n) is 22.2. The van der Waals surface area contributed by atoms with Crippen LogP contribution in [0, 0.1) is 5.82 Å². The van der Waals surface area contributed by atoms with Crippen LogP contribution in [0.25, 0.3) is 0 Å². The highest BCUT2D eigenvalue weighted by Gasteiger charge is 2.37. The van der Waals surface area contributed by atoms with Crippen molar-refractivity contribution >= 4 is 39.1 Å². The second-order valence-corrected chi connectivity index (χ2v) is 11.2. The molecule has 0 saturated carbocycles. The number of hydrogen-bond acceptors (Lipinski definition) is 4. The molecule has 1 N–H and O–H groups in total. The fourth-order valence-electron chi connectivity index (χ4n) is 4.13. The van der Waals surface area contributed by atoms with Gasteiger partial charge in [-0.05, 0) is 61.4 Å². The summed E-state index contributed by atoms with van der Waals surface area (Å²) in [4.78, 5) is 27.6. The van der Waals surface area contributed by atoms with Crippen molar-refractivity contribution < 1.29 is 35.6 Å². The number of halogens is 5. The number of nitrogens with one attached hydrogen (secondary N) is 1. The molecule has 0 aromatic heterocycles. The van der Waals surface area contributed by atoms with E-state index in [1.54, 1.807) is 19.9 Å². The SMILES string of the molecule is CCNC(=O)C(CC)N(Cc1ccc(F)cc1)C(=O)CN(c1ccc(Cl)c(C(F)(F)F)c1)S(=O)(=O)c1ccccc1. The number of sulfonamides is 1. The fourth-order valence-corrected chi connectivity index (χ4v) is 5.78. The van der Waals surface area contributed by atoms with Crippen LogP contribution >= 0.6 is 11.6 Å². The molecule has 13 heteroatoms. The summed E-state index contributed by atoms with van der Waals surface area (Å²) >= 11 is 5.77. The number of anilines is 1. The van der Waals surface area contributed by atoms with Crippen molar-refractivity contribution in [1.29, 1.82) is 0 Å². The molecule has 1 atom stereocenters. The molecule has 3 aromatic carbocycles. The summed E-state index contributed by atoms with van der Waals surface area (Å²) in [7, 11) is -4.57. The van der Waals surface area contributed by atoms with Crippen LogP contribution in [0.1, 0.15) is 31.4 Å². The minimum absolute atomic E-state index is 0.142. The first-order chi connectivity index (χ1) is 19.3. The van der Waals surface area contributed by atoms with Gasteiger partial charge >= 0.3 is 6.18 Å². The van der Waals surface area contributed by atoms with E-state index in [-0.39, 0.29) is 24.4 Å². The molecule has 0 saturated heterocycles. The standard InChI is InChI=1S/C28H28ClF4N3O4S/c1-3-25(27(38)34-4-2)35(17-19-10-12-20(30)13-11-19)26(37)18-36(41(39,40)22-8-6-5-7-9-22)21-14-15-24(29)23(16-21)28(31,32)33/h5-16,25H,3-4,17-18H2,1-2H3,(H,34,38). The van der Waals surface area contributed by atoms with E-state index in [0.717, 1.165) is 17.0 Å². The minimum Gasteiger partial charge on any atom is -0.355 e. The van der Waals surface area contributed by atoms with Gasteiger partial charge in [-0.15, -0.1) is 0 Å². The van der Waals surface area contributed by atoms with E-state index in [1.807, 2.05) is 0 Å². The lowest BCUT2D eigenvalue weighted by Crippen LogP contribution is -2.52. The van der Waals surface area contributed by atoms with E-state index >= 15 is 0 Å². The number of carbonyl (C=O) groups excluding carboxylic acids is 2. The zero-order valence-corrected chi connectivity index (χ0v) is 23.7. The second-order valence-electron chi connectivity index (χ2n) is 8.95. The van der Waals surface area contributed by atoms with Gasteiger partial charge in [0.15, 0.2) is 0 Å². The van der Waals surface area contributed by atoms with Gasteiger partial charge in [-0.25, -0.2) is 12.8 Å². The Labute approximate surface area is 240 Å². The van der Waals surface area contributed by atoms with Crippen molar-refractivity contribution in [1.82, 2.24) is 10.2 Å². The Kier molecular flexibility index (Phi) is 10.4. The van der Waals surface area contributed by atoms with Gasteiger partial charge in [-0.2, -0.15) is 13.2 Å². The predicted octanol–water partition coefficient (Wildman–Crippen LogP) is 5.64. The van der Waals surface area contributed by atoms with E-state index < -0.39 is 62.7 Å². The molecular weight excluding hydrogens is 586 g/mol. The average molecular weight is 614 g/mol. The lowest BCUT2D eigenvalue weighted by molar-refractivity contribution is -0.140. The fraction of sp³-hybridized carbons (Fsp3) is 0.286. The van der Waals surface area contributed by atoms with Crippen molar-refractivity contribution in [3.63, 3.8) is 0 Å². The molecule has 0 bridgehead atoms. The Morgan fingerprint density at radius 1 is 0.976 bits per heavy atom. The van der Waals surface area contributed by atoms with E-state index in [1.165, 1.54) is 48.5 Å². The molecule has 0 aliphatic rings. The van der Waals surface area contributed by atoms with Gasteiger partial charge < -0.3 is 10.2 Å². The summed E-state index contributed by atoms with van der Waals surface area (Å²) in [6.45, 7) is 2.46. The smallest absolute Gasteiger partial charge is 0.355 e. The molecule has 2 amide bonds. The highest BCUT2D eigenvalue weighted by Crippen LogP contribution is 2.38. The molecule has 3 rings (SSSR count). The Morgan fingerprint density at radius 2 is 1.61 bits per heavy atom. The van der Waals surface area contributed by atoms with Crippen LogP contribution in [-0.4, -0.2) is 44.3 Å². The van der Waals surface area contributed by atoms with Crippen molar-refractivity contribution in [2.45, 2.75) is 43.9 Å². The number of carbonyl (C=O) groups is 2. The van der Waals surface area contributed by atoms with Crippen molar-refractivity contribution in [3.8, 4) is 0 Å². The number of amides is 2. The van der Waals surface area contributed by atoms with E-state index in [0.29, 0.717) is 15.9 Å². The van der Waals surface area contributed by atoms with Gasteiger partial charge in [0.2, 0.25) is 11.8 Å². The predicted molar refractivity (Wildman–Crippen MR) is 147 cm³/mol. The van der Waals surface area contributed by atoms with Crippen LogP contribution in [-0.2, 0) is 32.3 Å². The highest BCUT2D eigenvalue weighted by molar-refractivity contribution is 7.92. The summed E-state index contributed by atoms with van der Waals surface area (Å²) < 4.78 is 82.6. The summed E-state index contributed by atoms with van der Waals surface area (Å²) in [6, 6.07) is 13.5. The summed E-state index contributed by atoms with van der Waals surface area (Å²) in [5, 5.41) is 1.99. The maximum absolute atomic E-state index is 13.9. The molecule has 0 heterocycles. The average Bonchev–Trinajstić information content (AvgIpc) is 2.93. The number of nitrogens with zero attached hydrogens (tertiary/aromatic N) is 2. The van der Waals surface area contributed by atoms with Crippen LogP contribution in [0.15, 0.2) is 77.7 Å². The van der Waals surface area contributed by atoms with Crippen molar-refractivity contribution in [3.05, 3.63) is 94.8 Å². The number of rotatable bonds is 11. The maximum Gasteiger partial charge on any atom is 0.417 e. The first-order valence-corrected chi connectivity index (χ1v) is 14.4. The number of hydrogen-bond donors (Lipinski definition) is 1. The Morgan fingerprint density at radius 3 is 2.17 bits per heavy atom. The Hall–Kier alpha value is -3.64. The lowest BCUT2D eigenvalue weighted by atomic mass is 10.1. The number of benzene rings is 3. The molecule has 0 aliphatic heterocycles. The maximum atomic E-state index is 13.9. The number of likely N-dealkylation sites (N-methyl/N-ethyl adjacent to an activating group) is 1. The van der Waals surface area contributed by atoms with Gasteiger partial charge in [-0.1, -0.05) is 48.9 Å². The van der Waals surface area contributed by atoms with Crippen molar-refractivity contribution in [2.24, 2.45) is 0 Å². The zero-order chi connectivity index (χ0) is 30.4. The van der Waals surface area contributed by atoms with E-state index in [2.05, 4.69) is 5.32 Å². The third-order valence-corrected chi connectivity index (χ3v) is 8.27. The van der Waals surface area contributed by atoms with Gasteiger partial charge in [0.25, 0.3) is 10.0 Å². The first-order valence-electron chi connectivity index (χ1n) is 12.6. The van der Waals surface area contributed by atoms with Crippen LogP contribution in [0.5, 0.6) is 0 Å². The van der Waals surface area contributed by atoms with Gasteiger partial charge in [0.1, 0.15) is 18.4 Å². The summed E-state index contributed by atoms with van der Waals surface area (Å²) in [5.74, 6) is -1.89. The molecule has 0 radical (unpaired) electrons. The van der Waals surface area contributed by atoms with Crippen LogP contribution < -0.4 is 9.62 Å². The summed E-state index contributed by atoms with van der Waals surface area (Å²) in [5.41, 5.74) is -1.29. The molecule has 1 unspecified atom stereocenters. The molecule has 0 fully saturated rings. The third-order valence-electron chi connectivity index (χ3n) is 6.16. The molecule has 220 valence electrons. The van der Waals surface area contributed by atoms with Crippen LogP contribution in [0.4, 0.5) is 23.2 Å². The van der Waals surface area contributed by atoms with Crippen LogP contribution in [0.3, 0.4) is 0 Å². The van der Waals surface area contributed by atoms with Gasteiger partial charge in [-0.3, -0.25) is 13.9 Å². The molecule has 41 heavy (non-hydrogen) atoms. The van der Waals surface area contributed by atoms with E-state index in [9.17, 15) is 35.6 Å². The Balaban J connectivity index is 2.13. The van der Waals surface area contributed by atoms with Crippen molar-refractivity contribution in [2.75, 3.05) is 17.4 Å². The monoisotopic (exact) mass is 613 g/mol. The molecule has 7 nitrogen and oxygen atoms in total. The minimum atomic E-state index is -4.90. The highest BCUT2D eigenvalue weighted by atomic mass is 35.5. The Bertz CT molecular complexity index is 1470. The topological polar surface area (TPSA) is 86.8 Å². The largest absolute Gasteiger partial charge is 0.417 e.